The van der Waals surface area contributed by atoms with Gasteiger partial charge in [-0.1, -0.05) is 0 Å². The Morgan fingerprint density at radius 1 is 1.10 bits per heavy atom. The number of hydrogen-bond acceptors (Lipinski definition) is 4. The summed E-state index contributed by atoms with van der Waals surface area (Å²) in [5.41, 5.74) is -1.81. The van der Waals surface area contributed by atoms with Crippen molar-refractivity contribution >= 4 is 22.2 Å². The van der Waals surface area contributed by atoms with Gasteiger partial charge < -0.3 is 4.74 Å². The molecule has 0 aliphatic heterocycles. The molecule has 0 atom stereocenters. The van der Waals surface area contributed by atoms with Gasteiger partial charge in [0.2, 0.25) is 5.88 Å². The highest BCUT2D eigenvalue weighted by molar-refractivity contribution is 9.10. The zero-order valence-corrected chi connectivity index (χ0v) is 16.3. The molecular formula is C19H11BrF4N2O3. The number of aromatic nitrogens is 2. The van der Waals surface area contributed by atoms with Gasteiger partial charge in [0, 0.05) is 17.2 Å². The number of carbonyl (C=O) groups excluding carboxylic acids is 1. The molecule has 0 aliphatic carbocycles. The Balaban J connectivity index is 2.01. The van der Waals surface area contributed by atoms with Crippen LogP contribution in [0.25, 0.3) is 5.69 Å². The molecule has 0 N–H and O–H groups in total. The molecule has 0 unspecified atom stereocenters. The number of nitrogens with zero attached hydrogens (tertiary/aromatic N) is 2. The van der Waals surface area contributed by atoms with Crippen molar-refractivity contribution in [2.45, 2.75) is 13.5 Å². The van der Waals surface area contributed by atoms with Crippen LogP contribution in [-0.4, -0.2) is 15.8 Å². The first-order valence-electron chi connectivity index (χ1n) is 8.03. The van der Waals surface area contributed by atoms with Gasteiger partial charge in [0.05, 0.1) is 0 Å². The van der Waals surface area contributed by atoms with Crippen LogP contribution in [0.5, 0.6) is 5.88 Å². The summed E-state index contributed by atoms with van der Waals surface area (Å²) < 4.78 is 61.1. The molecule has 0 spiro atoms. The first-order valence-corrected chi connectivity index (χ1v) is 8.82. The topological polar surface area (TPSA) is 61.2 Å². The quantitative estimate of drug-likeness (QED) is 0.413. The van der Waals surface area contributed by atoms with Gasteiger partial charge in [-0.15, -0.1) is 0 Å². The van der Waals surface area contributed by atoms with Gasteiger partial charge in [-0.25, -0.2) is 17.6 Å². The monoisotopic (exact) mass is 470 g/mol. The molecule has 0 saturated carbocycles. The van der Waals surface area contributed by atoms with Crippen LogP contribution >= 0.6 is 15.9 Å². The third kappa shape index (κ3) is 4.07. The van der Waals surface area contributed by atoms with Crippen molar-refractivity contribution in [2.75, 3.05) is 0 Å². The second-order valence-corrected chi connectivity index (χ2v) is 6.69. The van der Waals surface area contributed by atoms with Crippen molar-refractivity contribution in [1.82, 2.24) is 9.55 Å². The minimum atomic E-state index is -1.13. The van der Waals surface area contributed by atoms with E-state index >= 15 is 0 Å². The van der Waals surface area contributed by atoms with E-state index in [2.05, 4.69) is 20.9 Å². The van der Waals surface area contributed by atoms with Crippen LogP contribution in [-0.2, 0) is 6.61 Å². The van der Waals surface area contributed by atoms with E-state index in [-0.39, 0.29) is 40.2 Å². The normalized spacial score (nSPS) is 10.8. The summed E-state index contributed by atoms with van der Waals surface area (Å²) in [7, 11) is 0. The van der Waals surface area contributed by atoms with Crippen LogP contribution in [0.1, 0.15) is 21.7 Å². The highest BCUT2D eigenvalue weighted by atomic mass is 79.9. The lowest BCUT2D eigenvalue weighted by atomic mass is 10.2. The van der Waals surface area contributed by atoms with Crippen molar-refractivity contribution in [3.8, 4) is 11.6 Å². The predicted octanol–water partition coefficient (Wildman–Crippen LogP) is 4.25. The fourth-order valence-electron chi connectivity index (χ4n) is 2.59. The van der Waals surface area contributed by atoms with Crippen molar-refractivity contribution < 1.29 is 27.1 Å². The average Bonchev–Trinajstić information content (AvgIpc) is 2.66. The lowest BCUT2D eigenvalue weighted by molar-refractivity contribution is 0.112. The SMILES string of the molecule is Cc1nc(OCc2ccc(F)cc2F)c(Br)c(=O)n1-c1c(F)cc(C=O)cc1F. The molecule has 0 aliphatic rings. The number of benzene rings is 2. The van der Waals surface area contributed by atoms with Gasteiger partial charge in [0.1, 0.15) is 40.5 Å². The van der Waals surface area contributed by atoms with Gasteiger partial charge in [-0.2, -0.15) is 4.98 Å². The third-order valence-corrected chi connectivity index (χ3v) is 4.62. The number of aryl methyl sites for hydroxylation is 1. The van der Waals surface area contributed by atoms with E-state index < -0.39 is 34.5 Å². The van der Waals surface area contributed by atoms with E-state index in [1.54, 1.807) is 0 Å². The molecule has 0 fully saturated rings. The Morgan fingerprint density at radius 2 is 1.76 bits per heavy atom. The molecule has 0 bridgehead atoms. The van der Waals surface area contributed by atoms with E-state index in [1.807, 2.05) is 0 Å². The Bertz CT molecular complexity index is 1160. The molecule has 2 aromatic carbocycles. The van der Waals surface area contributed by atoms with Crippen LogP contribution in [0.15, 0.2) is 39.6 Å². The molecular weight excluding hydrogens is 460 g/mol. The van der Waals surface area contributed by atoms with Crippen LogP contribution < -0.4 is 10.3 Å². The molecule has 150 valence electrons. The van der Waals surface area contributed by atoms with Crippen LogP contribution in [0.2, 0.25) is 0 Å². The average molecular weight is 471 g/mol. The second-order valence-electron chi connectivity index (χ2n) is 5.89. The molecule has 3 aromatic rings. The summed E-state index contributed by atoms with van der Waals surface area (Å²) >= 11 is 2.97. The third-order valence-electron chi connectivity index (χ3n) is 3.94. The molecule has 0 radical (unpaired) electrons. The summed E-state index contributed by atoms with van der Waals surface area (Å²) in [6, 6.07) is 4.47. The Hall–Kier alpha value is -3.01. The summed E-state index contributed by atoms with van der Waals surface area (Å²) in [4.78, 5) is 27.4. The minimum absolute atomic E-state index is 0.0171. The number of halogens is 5. The summed E-state index contributed by atoms with van der Waals surface area (Å²) in [5, 5.41) is 0. The first kappa shape index (κ1) is 20.7. The number of carbonyl (C=O) groups is 1. The zero-order chi connectivity index (χ0) is 21.3. The summed E-state index contributed by atoms with van der Waals surface area (Å²) in [6.07, 6.45) is 0.269. The molecule has 0 saturated heterocycles. The number of ether oxygens (including phenoxy) is 1. The molecule has 29 heavy (non-hydrogen) atoms. The Kier molecular flexibility index (Phi) is 5.83. The fraction of sp³-hybridized carbons (Fsp3) is 0.105. The van der Waals surface area contributed by atoms with Gasteiger partial charge in [0.25, 0.3) is 5.56 Å². The summed E-state index contributed by atoms with van der Waals surface area (Å²) in [5.74, 6) is -4.22. The number of aldehydes is 1. The maximum Gasteiger partial charge on any atom is 0.276 e. The van der Waals surface area contributed by atoms with E-state index in [4.69, 9.17) is 4.74 Å². The standard InChI is InChI=1S/C19H11BrF4N2O3/c1-9-25-18(29-8-11-2-3-12(21)6-13(11)22)16(20)19(28)26(9)17-14(23)4-10(7-27)5-15(17)24/h2-7H,8H2,1H3. The largest absolute Gasteiger partial charge is 0.472 e. The summed E-state index contributed by atoms with van der Waals surface area (Å²) in [6.45, 7) is 0.947. The van der Waals surface area contributed by atoms with E-state index in [1.165, 1.54) is 13.0 Å². The van der Waals surface area contributed by atoms with E-state index in [0.29, 0.717) is 10.6 Å². The zero-order valence-electron chi connectivity index (χ0n) is 14.7. The van der Waals surface area contributed by atoms with Gasteiger partial charge >= 0.3 is 0 Å². The second kappa shape index (κ2) is 8.16. The van der Waals surface area contributed by atoms with Crippen molar-refractivity contribution in [3.05, 3.63) is 85.4 Å². The van der Waals surface area contributed by atoms with Gasteiger partial charge in [0.15, 0.2) is 11.6 Å². The maximum atomic E-state index is 14.3. The predicted molar refractivity (Wildman–Crippen MR) is 98.3 cm³/mol. The Morgan fingerprint density at radius 3 is 2.34 bits per heavy atom. The van der Waals surface area contributed by atoms with E-state index in [0.717, 1.165) is 18.2 Å². The molecule has 5 nitrogen and oxygen atoms in total. The maximum absolute atomic E-state index is 14.3. The minimum Gasteiger partial charge on any atom is -0.472 e. The van der Waals surface area contributed by atoms with Crippen molar-refractivity contribution in [2.24, 2.45) is 0 Å². The molecule has 3 rings (SSSR count). The lowest BCUT2D eigenvalue weighted by Gasteiger charge is -2.15. The van der Waals surface area contributed by atoms with Gasteiger partial charge in [-0.05, 0) is 47.1 Å². The molecule has 1 aromatic heterocycles. The molecule has 1 heterocycles. The van der Waals surface area contributed by atoms with Crippen LogP contribution in [0.3, 0.4) is 0 Å². The molecule has 10 heteroatoms. The van der Waals surface area contributed by atoms with Crippen LogP contribution in [0.4, 0.5) is 17.6 Å². The first-order chi connectivity index (χ1) is 13.7. The number of hydrogen-bond donors (Lipinski definition) is 0. The van der Waals surface area contributed by atoms with Crippen molar-refractivity contribution in [3.63, 3.8) is 0 Å². The number of rotatable bonds is 5. The van der Waals surface area contributed by atoms with Crippen LogP contribution in [0, 0.1) is 30.2 Å². The Labute approximate surface area is 169 Å². The molecule has 0 amide bonds. The van der Waals surface area contributed by atoms with Crippen molar-refractivity contribution in [1.29, 1.82) is 0 Å². The fourth-order valence-corrected chi connectivity index (χ4v) is 2.97. The highest BCUT2D eigenvalue weighted by Gasteiger charge is 2.21. The smallest absolute Gasteiger partial charge is 0.276 e. The van der Waals surface area contributed by atoms with Gasteiger partial charge in [-0.3, -0.25) is 14.2 Å². The van der Waals surface area contributed by atoms with E-state index in [9.17, 15) is 27.2 Å². The highest BCUT2D eigenvalue weighted by Crippen LogP contribution is 2.25. The lowest BCUT2D eigenvalue weighted by Crippen LogP contribution is -2.25.